The predicted molar refractivity (Wildman–Crippen MR) is 124 cm³/mol. The Morgan fingerprint density at radius 3 is 2.50 bits per heavy atom. The molecule has 0 saturated carbocycles. The standard InChI is InChI=1S/C19H18ClN7O2.C2HF3O2/c1-27-18(14(20)10-22-27)13-9-12(3-5-17(13)29-7-6-21)23-19(28)11-2-4-15-16(8-11)25-26-24-15;3-2(4,5)1(6)7/h2-5,8-10H,6-7,21H2,1H3,(H,23,28)(H,24,25,26);(H,6,7). The molecule has 0 unspecified atom stereocenters. The van der Waals surface area contributed by atoms with Crippen LogP contribution in [0.4, 0.5) is 18.9 Å². The van der Waals surface area contributed by atoms with Gasteiger partial charge >= 0.3 is 12.1 Å². The Morgan fingerprint density at radius 1 is 1.19 bits per heavy atom. The van der Waals surface area contributed by atoms with E-state index in [2.05, 4.69) is 25.8 Å². The van der Waals surface area contributed by atoms with E-state index in [9.17, 15) is 18.0 Å². The molecular formula is C21H19ClF3N7O4. The summed E-state index contributed by atoms with van der Waals surface area (Å²) >= 11 is 6.32. The minimum absolute atomic E-state index is 0.271. The second kappa shape index (κ2) is 11.0. The number of carboxylic acid groups (broad SMARTS) is 1. The average Bonchev–Trinajstić information content (AvgIpc) is 3.43. The first kappa shape index (κ1) is 26.4. The highest BCUT2D eigenvalue weighted by molar-refractivity contribution is 6.33. The summed E-state index contributed by atoms with van der Waals surface area (Å²) in [6.45, 7) is 0.730. The van der Waals surface area contributed by atoms with Crippen LogP contribution in [0.25, 0.3) is 22.3 Å². The molecule has 15 heteroatoms. The molecule has 0 bridgehead atoms. The van der Waals surface area contributed by atoms with Crippen LogP contribution in [0, 0.1) is 0 Å². The van der Waals surface area contributed by atoms with Crippen molar-refractivity contribution in [3.05, 3.63) is 53.2 Å². The van der Waals surface area contributed by atoms with Crippen molar-refractivity contribution in [3.63, 3.8) is 0 Å². The summed E-state index contributed by atoms with van der Waals surface area (Å²) in [5.74, 6) is -2.43. The van der Waals surface area contributed by atoms with Crippen molar-refractivity contribution in [1.29, 1.82) is 0 Å². The second-order valence-electron chi connectivity index (χ2n) is 7.10. The summed E-state index contributed by atoms with van der Waals surface area (Å²) in [5, 5.41) is 25.2. The lowest BCUT2D eigenvalue weighted by Gasteiger charge is -2.14. The number of anilines is 1. The number of fused-ring (bicyclic) bond motifs is 1. The number of nitrogens with two attached hydrogens (primary N) is 1. The molecule has 0 radical (unpaired) electrons. The smallest absolute Gasteiger partial charge is 0.490 e. The van der Waals surface area contributed by atoms with E-state index in [-0.39, 0.29) is 5.91 Å². The van der Waals surface area contributed by atoms with Crippen molar-refractivity contribution in [1.82, 2.24) is 25.2 Å². The number of carboxylic acids is 1. The fourth-order valence-electron chi connectivity index (χ4n) is 2.99. The molecule has 0 spiro atoms. The van der Waals surface area contributed by atoms with Crippen LogP contribution < -0.4 is 15.8 Å². The number of ether oxygens (including phenoxy) is 1. The quantitative estimate of drug-likeness (QED) is 0.298. The molecular weight excluding hydrogens is 507 g/mol. The molecule has 0 aliphatic rings. The third-order valence-electron chi connectivity index (χ3n) is 4.58. The Balaban J connectivity index is 0.000000454. The molecule has 36 heavy (non-hydrogen) atoms. The summed E-state index contributed by atoms with van der Waals surface area (Å²) in [6.07, 6.45) is -3.53. The van der Waals surface area contributed by atoms with Gasteiger partial charge in [0.15, 0.2) is 0 Å². The van der Waals surface area contributed by atoms with E-state index in [0.717, 1.165) is 0 Å². The van der Waals surface area contributed by atoms with E-state index >= 15 is 0 Å². The van der Waals surface area contributed by atoms with Crippen molar-refractivity contribution < 1.29 is 32.6 Å². The number of rotatable bonds is 6. The summed E-state index contributed by atoms with van der Waals surface area (Å²) in [6, 6.07) is 10.4. The zero-order valence-electron chi connectivity index (χ0n) is 18.5. The number of nitrogens with one attached hydrogen (secondary N) is 2. The largest absolute Gasteiger partial charge is 0.492 e. The van der Waals surface area contributed by atoms with Crippen molar-refractivity contribution in [2.45, 2.75) is 6.18 Å². The third-order valence-corrected chi connectivity index (χ3v) is 4.86. The highest BCUT2D eigenvalue weighted by atomic mass is 35.5. The summed E-state index contributed by atoms with van der Waals surface area (Å²) in [4.78, 5) is 21.6. The molecule has 0 aliphatic carbocycles. The molecule has 4 rings (SSSR count). The number of carbonyl (C=O) groups is 2. The second-order valence-corrected chi connectivity index (χ2v) is 7.50. The Hall–Kier alpha value is -4.17. The predicted octanol–water partition coefficient (Wildman–Crippen LogP) is 3.23. The number of aryl methyl sites for hydroxylation is 1. The average molecular weight is 526 g/mol. The molecule has 0 saturated heterocycles. The fourth-order valence-corrected chi connectivity index (χ4v) is 3.25. The van der Waals surface area contributed by atoms with Crippen LogP contribution in [0.15, 0.2) is 42.6 Å². The minimum Gasteiger partial charge on any atom is -0.492 e. The van der Waals surface area contributed by atoms with Crippen molar-refractivity contribution in [3.8, 4) is 17.0 Å². The van der Waals surface area contributed by atoms with Gasteiger partial charge in [0.05, 0.1) is 16.9 Å². The number of aromatic nitrogens is 5. The number of alkyl halides is 3. The van der Waals surface area contributed by atoms with E-state index in [1.807, 2.05) is 0 Å². The first-order valence-electron chi connectivity index (χ1n) is 10.1. The number of nitrogens with zero attached hydrogens (tertiary/aromatic N) is 4. The SMILES string of the molecule is Cn1ncc(Cl)c1-c1cc(NC(=O)c2ccc3n[nH]nc3c2)ccc1OCCN.O=C(O)C(F)(F)F. The van der Waals surface area contributed by atoms with Gasteiger partial charge in [0, 0.05) is 30.4 Å². The summed E-state index contributed by atoms with van der Waals surface area (Å²) < 4.78 is 39.1. The number of carbonyl (C=O) groups excluding carboxylic acids is 1. The maximum absolute atomic E-state index is 12.7. The molecule has 5 N–H and O–H groups in total. The lowest BCUT2D eigenvalue weighted by atomic mass is 10.1. The first-order chi connectivity index (χ1) is 17.0. The van der Waals surface area contributed by atoms with Gasteiger partial charge < -0.3 is 20.9 Å². The number of H-pyrrole nitrogens is 1. The van der Waals surface area contributed by atoms with Crippen molar-refractivity contribution in [2.24, 2.45) is 12.8 Å². The van der Waals surface area contributed by atoms with Gasteiger partial charge in [-0.1, -0.05) is 11.6 Å². The zero-order chi connectivity index (χ0) is 26.5. The number of hydrogen-bond acceptors (Lipinski definition) is 7. The molecule has 4 aromatic rings. The normalized spacial score (nSPS) is 11.1. The molecule has 2 aromatic carbocycles. The van der Waals surface area contributed by atoms with Crippen LogP contribution in [0.5, 0.6) is 5.75 Å². The highest BCUT2D eigenvalue weighted by Gasteiger charge is 2.38. The van der Waals surface area contributed by atoms with E-state index < -0.39 is 12.1 Å². The van der Waals surface area contributed by atoms with Crippen LogP contribution in [0.1, 0.15) is 10.4 Å². The van der Waals surface area contributed by atoms with Crippen LogP contribution in [-0.4, -0.2) is 61.5 Å². The molecule has 0 fully saturated rings. The van der Waals surface area contributed by atoms with Gasteiger partial charge in [0.2, 0.25) is 0 Å². The summed E-state index contributed by atoms with van der Waals surface area (Å²) in [5.41, 5.74) is 9.30. The van der Waals surface area contributed by atoms with Gasteiger partial charge in [0.25, 0.3) is 5.91 Å². The Labute approximate surface area is 206 Å². The molecule has 11 nitrogen and oxygen atoms in total. The Bertz CT molecular complexity index is 1370. The monoisotopic (exact) mass is 525 g/mol. The summed E-state index contributed by atoms with van der Waals surface area (Å²) in [7, 11) is 1.78. The number of benzene rings is 2. The molecule has 0 aliphatic heterocycles. The number of aromatic amines is 1. The Kier molecular flexibility index (Phi) is 8.11. The van der Waals surface area contributed by atoms with Crippen molar-refractivity contribution in [2.75, 3.05) is 18.5 Å². The lowest BCUT2D eigenvalue weighted by molar-refractivity contribution is -0.192. The maximum atomic E-state index is 12.7. The lowest BCUT2D eigenvalue weighted by Crippen LogP contribution is -2.21. The van der Waals surface area contributed by atoms with E-state index in [1.165, 1.54) is 0 Å². The maximum Gasteiger partial charge on any atom is 0.490 e. The van der Waals surface area contributed by atoms with E-state index in [0.29, 0.717) is 57.5 Å². The molecule has 190 valence electrons. The third kappa shape index (κ3) is 6.28. The van der Waals surface area contributed by atoms with Gasteiger partial charge in [-0.15, -0.1) is 0 Å². The van der Waals surface area contributed by atoms with Gasteiger partial charge in [-0.2, -0.15) is 33.7 Å². The number of aliphatic carboxylic acids is 1. The van der Waals surface area contributed by atoms with Crippen molar-refractivity contribution >= 4 is 40.2 Å². The molecule has 2 aromatic heterocycles. The van der Waals surface area contributed by atoms with Gasteiger partial charge in [-0.3, -0.25) is 9.48 Å². The minimum atomic E-state index is -5.08. The molecule has 2 heterocycles. The number of halogens is 4. The van der Waals surface area contributed by atoms with E-state index in [1.54, 1.807) is 54.3 Å². The Morgan fingerprint density at radius 2 is 1.89 bits per heavy atom. The zero-order valence-corrected chi connectivity index (χ0v) is 19.3. The van der Waals surface area contributed by atoms with Gasteiger partial charge in [0.1, 0.15) is 23.4 Å². The van der Waals surface area contributed by atoms with Gasteiger partial charge in [-0.25, -0.2) is 4.79 Å². The van der Waals surface area contributed by atoms with Crippen LogP contribution >= 0.6 is 11.6 Å². The van der Waals surface area contributed by atoms with Gasteiger partial charge in [-0.05, 0) is 36.4 Å². The number of hydrogen-bond donors (Lipinski definition) is 4. The topological polar surface area (TPSA) is 161 Å². The molecule has 0 atom stereocenters. The highest BCUT2D eigenvalue weighted by Crippen LogP contribution is 2.36. The van der Waals surface area contributed by atoms with E-state index in [4.69, 9.17) is 32.0 Å². The fraction of sp³-hybridized carbons (Fsp3) is 0.190. The van der Waals surface area contributed by atoms with Crippen LogP contribution in [-0.2, 0) is 11.8 Å². The van der Waals surface area contributed by atoms with Crippen LogP contribution in [0.2, 0.25) is 5.02 Å². The number of amides is 1. The molecule has 1 amide bonds. The van der Waals surface area contributed by atoms with Crippen LogP contribution in [0.3, 0.4) is 0 Å². The first-order valence-corrected chi connectivity index (χ1v) is 10.5.